The molecule has 2 N–H and O–H groups in total. The van der Waals surface area contributed by atoms with Crippen LogP contribution in [0.1, 0.15) is 35.4 Å². The van der Waals surface area contributed by atoms with Crippen molar-refractivity contribution in [1.29, 1.82) is 0 Å². The molecular formula is C15H16F3N3. The fourth-order valence-electron chi connectivity index (χ4n) is 2.82. The van der Waals surface area contributed by atoms with Crippen LogP contribution in [0.25, 0.3) is 5.69 Å². The minimum Gasteiger partial charge on any atom is -0.326 e. The monoisotopic (exact) mass is 295 g/mol. The molecule has 0 atom stereocenters. The fourth-order valence-corrected chi connectivity index (χ4v) is 2.82. The summed E-state index contributed by atoms with van der Waals surface area (Å²) in [7, 11) is 0. The van der Waals surface area contributed by atoms with Gasteiger partial charge in [0.15, 0.2) is 0 Å². The van der Waals surface area contributed by atoms with E-state index in [-0.39, 0.29) is 12.2 Å². The molecule has 3 rings (SSSR count). The maximum absolute atomic E-state index is 13.3. The van der Waals surface area contributed by atoms with Crippen molar-refractivity contribution in [2.75, 3.05) is 0 Å². The van der Waals surface area contributed by atoms with Crippen molar-refractivity contribution < 1.29 is 13.2 Å². The molecule has 0 unspecified atom stereocenters. The highest BCUT2D eigenvalue weighted by atomic mass is 19.4. The molecule has 1 aromatic carbocycles. The van der Waals surface area contributed by atoms with Gasteiger partial charge in [0, 0.05) is 12.2 Å². The van der Waals surface area contributed by atoms with Crippen LogP contribution in [-0.2, 0) is 25.6 Å². The summed E-state index contributed by atoms with van der Waals surface area (Å²) >= 11 is 0. The first-order valence-corrected chi connectivity index (χ1v) is 6.96. The third-order valence-electron chi connectivity index (χ3n) is 3.89. The van der Waals surface area contributed by atoms with Crippen LogP contribution >= 0.6 is 0 Å². The Morgan fingerprint density at radius 1 is 1.19 bits per heavy atom. The lowest BCUT2D eigenvalue weighted by atomic mass is 10.0. The fraction of sp³-hybridized carbons (Fsp3) is 0.400. The summed E-state index contributed by atoms with van der Waals surface area (Å²) in [5, 5.41) is 0. The Hall–Kier alpha value is -1.82. The Balaban J connectivity index is 2.16. The van der Waals surface area contributed by atoms with Gasteiger partial charge in [-0.15, -0.1) is 0 Å². The molecule has 2 aromatic rings. The zero-order chi connectivity index (χ0) is 15.0. The SMILES string of the molecule is NCc1ccc(-n2cnc3c2CCCC3)c(C(F)(F)F)c1. The second-order valence-electron chi connectivity index (χ2n) is 5.27. The summed E-state index contributed by atoms with van der Waals surface area (Å²) in [6.07, 6.45) is 0.730. The Labute approximate surface area is 120 Å². The van der Waals surface area contributed by atoms with Gasteiger partial charge in [0.1, 0.15) is 0 Å². The van der Waals surface area contributed by atoms with Gasteiger partial charge < -0.3 is 10.3 Å². The van der Waals surface area contributed by atoms with Gasteiger partial charge in [-0.3, -0.25) is 0 Å². The maximum Gasteiger partial charge on any atom is 0.418 e. The van der Waals surface area contributed by atoms with E-state index >= 15 is 0 Å². The third kappa shape index (κ3) is 2.55. The lowest BCUT2D eigenvalue weighted by Crippen LogP contribution is -2.14. The molecule has 3 nitrogen and oxygen atoms in total. The third-order valence-corrected chi connectivity index (χ3v) is 3.89. The number of hydrogen-bond donors (Lipinski definition) is 1. The van der Waals surface area contributed by atoms with Crippen LogP contribution in [0.15, 0.2) is 24.5 Å². The number of fused-ring (bicyclic) bond motifs is 1. The van der Waals surface area contributed by atoms with Crippen molar-refractivity contribution in [1.82, 2.24) is 9.55 Å². The smallest absolute Gasteiger partial charge is 0.326 e. The van der Waals surface area contributed by atoms with Gasteiger partial charge in [-0.2, -0.15) is 13.2 Å². The second-order valence-corrected chi connectivity index (χ2v) is 5.27. The number of imidazole rings is 1. The Morgan fingerprint density at radius 3 is 2.67 bits per heavy atom. The van der Waals surface area contributed by atoms with E-state index < -0.39 is 11.7 Å². The average Bonchev–Trinajstić information content (AvgIpc) is 2.89. The van der Waals surface area contributed by atoms with Crippen molar-refractivity contribution in [2.24, 2.45) is 5.73 Å². The summed E-state index contributed by atoms with van der Waals surface area (Å²) in [6, 6.07) is 4.26. The zero-order valence-electron chi connectivity index (χ0n) is 11.5. The van der Waals surface area contributed by atoms with Gasteiger partial charge in [0.2, 0.25) is 0 Å². The molecule has 0 spiro atoms. The van der Waals surface area contributed by atoms with E-state index in [2.05, 4.69) is 4.98 Å². The number of alkyl halides is 3. The van der Waals surface area contributed by atoms with Gasteiger partial charge in [-0.1, -0.05) is 6.07 Å². The first-order valence-electron chi connectivity index (χ1n) is 6.96. The molecule has 1 aliphatic carbocycles. The summed E-state index contributed by atoms with van der Waals surface area (Å²) < 4.78 is 41.5. The van der Waals surface area contributed by atoms with Crippen LogP contribution in [0, 0.1) is 0 Å². The minimum atomic E-state index is -4.41. The van der Waals surface area contributed by atoms with E-state index in [0.717, 1.165) is 43.1 Å². The van der Waals surface area contributed by atoms with Crippen molar-refractivity contribution >= 4 is 0 Å². The van der Waals surface area contributed by atoms with Gasteiger partial charge in [0.05, 0.1) is 23.3 Å². The second kappa shape index (κ2) is 5.18. The lowest BCUT2D eigenvalue weighted by Gasteiger charge is -2.18. The van der Waals surface area contributed by atoms with Crippen molar-refractivity contribution in [3.05, 3.63) is 47.0 Å². The molecule has 21 heavy (non-hydrogen) atoms. The molecule has 0 saturated carbocycles. The molecule has 0 aliphatic heterocycles. The van der Waals surface area contributed by atoms with Crippen LogP contribution in [0.3, 0.4) is 0 Å². The van der Waals surface area contributed by atoms with Gasteiger partial charge in [0.25, 0.3) is 0 Å². The van der Waals surface area contributed by atoms with Crippen LogP contribution in [0.4, 0.5) is 13.2 Å². The van der Waals surface area contributed by atoms with E-state index in [0.29, 0.717) is 5.56 Å². The summed E-state index contributed by atoms with van der Waals surface area (Å²) in [6.45, 7) is 0.0887. The number of aromatic nitrogens is 2. The number of benzene rings is 1. The van der Waals surface area contributed by atoms with Gasteiger partial charge in [-0.05, 0) is 43.4 Å². The topological polar surface area (TPSA) is 43.8 Å². The van der Waals surface area contributed by atoms with Crippen molar-refractivity contribution in [3.63, 3.8) is 0 Å². The molecular weight excluding hydrogens is 279 g/mol. The number of aryl methyl sites for hydroxylation is 1. The average molecular weight is 295 g/mol. The first-order chi connectivity index (χ1) is 10.0. The maximum atomic E-state index is 13.3. The molecule has 1 heterocycles. The number of nitrogens with zero attached hydrogens (tertiary/aromatic N) is 2. The molecule has 1 aromatic heterocycles. The van der Waals surface area contributed by atoms with E-state index in [1.54, 1.807) is 10.6 Å². The van der Waals surface area contributed by atoms with Crippen LogP contribution in [-0.4, -0.2) is 9.55 Å². The van der Waals surface area contributed by atoms with Crippen molar-refractivity contribution in [2.45, 2.75) is 38.4 Å². The van der Waals surface area contributed by atoms with E-state index in [1.807, 2.05) is 0 Å². The largest absolute Gasteiger partial charge is 0.418 e. The number of nitrogens with two attached hydrogens (primary N) is 1. The molecule has 0 amide bonds. The summed E-state index contributed by atoms with van der Waals surface area (Å²) in [4.78, 5) is 4.27. The van der Waals surface area contributed by atoms with Crippen LogP contribution in [0.2, 0.25) is 0 Å². The van der Waals surface area contributed by atoms with Gasteiger partial charge in [-0.25, -0.2) is 4.98 Å². The molecule has 1 aliphatic rings. The predicted octanol–water partition coefficient (Wildman–Crippen LogP) is 3.23. The zero-order valence-corrected chi connectivity index (χ0v) is 11.5. The highest BCUT2D eigenvalue weighted by Gasteiger charge is 2.35. The Kier molecular flexibility index (Phi) is 3.49. The standard InChI is InChI=1S/C15H16F3N3/c16-15(17,18)11-7-10(8-19)5-6-13(11)21-9-20-12-3-1-2-4-14(12)21/h5-7,9H,1-4,8,19H2. The first kappa shape index (κ1) is 14.1. The minimum absolute atomic E-state index is 0.0887. The molecule has 0 bridgehead atoms. The normalized spacial score (nSPS) is 15.0. The van der Waals surface area contributed by atoms with Crippen LogP contribution in [0.5, 0.6) is 0 Å². The lowest BCUT2D eigenvalue weighted by molar-refractivity contribution is -0.137. The predicted molar refractivity (Wildman–Crippen MR) is 73.1 cm³/mol. The van der Waals surface area contributed by atoms with Crippen LogP contribution < -0.4 is 5.73 Å². The quantitative estimate of drug-likeness (QED) is 0.924. The molecule has 0 saturated heterocycles. The number of hydrogen-bond acceptors (Lipinski definition) is 2. The molecule has 6 heteroatoms. The van der Waals surface area contributed by atoms with Gasteiger partial charge >= 0.3 is 6.18 Å². The van der Waals surface area contributed by atoms with Crippen molar-refractivity contribution in [3.8, 4) is 5.69 Å². The highest BCUT2D eigenvalue weighted by molar-refractivity contribution is 5.47. The Morgan fingerprint density at radius 2 is 1.95 bits per heavy atom. The molecule has 0 fully saturated rings. The molecule has 112 valence electrons. The molecule has 0 radical (unpaired) electrons. The number of halogens is 3. The Bertz CT molecular complexity index is 659. The van der Waals surface area contributed by atoms with E-state index in [4.69, 9.17) is 5.73 Å². The van der Waals surface area contributed by atoms with E-state index in [9.17, 15) is 13.2 Å². The summed E-state index contributed by atoms with van der Waals surface area (Å²) in [5.41, 5.74) is 7.22. The highest BCUT2D eigenvalue weighted by Crippen LogP contribution is 2.36. The summed E-state index contributed by atoms with van der Waals surface area (Å²) in [5.74, 6) is 0. The van der Waals surface area contributed by atoms with E-state index in [1.165, 1.54) is 12.4 Å². The number of rotatable bonds is 2.